The molecule has 1 aromatic carbocycles. The maximum Gasteiger partial charge on any atom is 0.298 e. The van der Waals surface area contributed by atoms with Crippen molar-refractivity contribution in [3.05, 3.63) is 42.4 Å². The number of rotatable bonds is 1. The van der Waals surface area contributed by atoms with Crippen molar-refractivity contribution in [2.45, 2.75) is 5.03 Å². The quantitative estimate of drug-likeness (QED) is 0.764. The van der Waals surface area contributed by atoms with Gasteiger partial charge in [-0.05, 0) is 12.1 Å². The van der Waals surface area contributed by atoms with Crippen molar-refractivity contribution in [1.29, 1.82) is 0 Å². The summed E-state index contributed by atoms with van der Waals surface area (Å²) < 4.78 is 26.6. The highest BCUT2D eigenvalue weighted by Crippen LogP contribution is 2.23. The third-order valence-electron chi connectivity index (χ3n) is 2.74. The molecule has 0 saturated carbocycles. The van der Waals surface area contributed by atoms with Crippen LogP contribution in [0.4, 0.5) is 0 Å². The van der Waals surface area contributed by atoms with E-state index in [2.05, 4.69) is 10.1 Å². The van der Waals surface area contributed by atoms with Gasteiger partial charge in [0.05, 0.1) is 6.21 Å². The Morgan fingerprint density at radius 1 is 1.17 bits per heavy atom. The Bertz CT molecular complexity index is 719. The van der Waals surface area contributed by atoms with Crippen molar-refractivity contribution >= 4 is 16.2 Å². The fourth-order valence-corrected chi connectivity index (χ4v) is 2.79. The molecule has 0 saturated heterocycles. The average Bonchev–Trinajstić information content (AvgIpc) is 2.80. The van der Waals surface area contributed by atoms with Crippen molar-refractivity contribution in [2.75, 3.05) is 7.05 Å². The molecule has 1 aliphatic rings. The van der Waals surface area contributed by atoms with Crippen LogP contribution in [-0.4, -0.2) is 35.6 Å². The average molecular weight is 262 g/mol. The molecule has 2 heterocycles. The first-order valence-electron chi connectivity index (χ1n) is 5.26. The summed E-state index contributed by atoms with van der Waals surface area (Å²) in [4.78, 5) is 3.98. The van der Waals surface area contributed by atoms with Crippen molar-refractivity contribution in [2.24, 2.45) is 5.10 Å². The van der Waals surface area contributed by atoms with Gasteiger partial charge in [-0.3, -0.25) is 4.57 Å². The summed E-state index contributed by atoms with van der Waals surface area (Å²) in [5.41, 5.74) is 1.32. The van der Waals surface area contributed by atoms with E-state index in [1.165, 1.54) is 19.6 Å². The Labute approximate surface area is 104 Å². The van der Waals surface area contributed by atoms with Gasteiger partial charge in [-0.1, -0.05) is 18.2 Å². The van der Waals surface area contributed by atoms with Crippen LogP contribution in [0, 0.1) is 0 Å². The van der Waals surface area contributed by atoms with E-state index in [0.717, 1.165) is 10.1 Å². The molecule has 0 spiro atoms. The third kappa shape index (κ3) is 1.44. The highest BCUT2D eigenvalue weighted by atomic mass is 32.2. The molecule has 0 atom stereocenters. The predicted molar refractivity (Wildman–Crippen MR) is 66.1 cm³/mol. The molecule has 1 aromatic heterocycles. The van der Waals surface area contributed by atoms with Crippen LogP contribution in [0.2, 0.25) is 0 Å². The highest BCUT2D eigenvalue weighted by molar-refractivity contribution is 7.89. The van der Waals surface area contributed by atoms with E-state index in [0.29, 0.717) is 5.69 Å². The van der Waals surface area contributed by atoms with Crippen LogP contribution in [0.15, 0.2) is 46.8 Å². The SMILES string of the molecule is CN1N=Cc2c(ncn2-c2ccccc2)S1(=O)=O. The van der Waals surface area contributed by atoms with Crippen molar-refractivity contribution in [1.82, 2.24) is 14.0 Å². The van der Waals surface area contributed by atoms with Crippen molar-refractivity contribution in [3.8, 4) is 5.69 Å². The first-order chi connectivity index (χ1) is 8.60. The first kappa shape index (κ1) is 11.0. The number of aromatic nitrogens is 2. The van der Waals surface area contributed by atoms with Gasteiger partial charge in [-0.15, -0.1) is 0 Å². The Kier molecular flexibility index (Phi) is 2.24. The summed E-state index contributed by atoms with van der Waals surface area (Å²) in [5, 5.41) is 3.87. The van der Waals surface area contributed by atoms with Gasteiger partial charge < -0.3 is 0 Å². The maximum atomic E-state index is 12.0. The molecule has 0 radical (unpaired) electrons. The molecule has 1 aliphatic heterocycles. The number of benzene rings is 1. The van der Waals surface area contributed by atoms with Gasteiger partial charge in [0.15, 0.2) is 0 Å². The molecule has 3 rings (SSSR count). The minimum Gasteiger partial charge on any atom is -0.297 e. The molecular weight excluding hydrogens is 252 g/mol. The zero-order chi connectivity index (χ0) is 12.8. The van der Waals surface area contributed by atoms with Gasteiger partial charge in [-0.2, -0.15) is 17.9 Å². The summed E-state index contributed by atoms with van der Waals surface area (Å²) in [6.07, 6.45) is 2.99. The van der Waals surface area contributed by atoms with Gasteiger partial charge in [0.1, 0.15) is 12.0 Å². The Balaban J connectivity index is 2.24. The van der Waals surface area contributed by atoms with Crippen molar-refractivity contribution < 1.29 is 8.42 Å². The van der Waals surface area contributed by atoms with Crippen LogP contribution in [0.5, 0.6) is 0 Å². The van der Waals surface area contributed by atoms with Crippen LogP contribution in [0.25, 0.3) is 5.69 Å². The van der Waals surface area contributed by atoms with Crippen LogP contribution in [0.1, 0.15) is 5.69 Å². The predicted octanol–water partition coefficient (Wildman–Crippen LogP) is 0.840. The zero-order valence-corrected chi connectivity index (χ0v) is 10.4. The highest BCUT2D eigenvalue weighted by Gasteiger charge is 2.30. The zero-order valence-electron chi connectivity index (χ0n) is 9.56. The molecule has 2 aromatic rings. The number of sulfonamides is 1. The molecule has 7 heteroatoms. The second-order valence-corrected chi connectivity index (χ2v) is 5.69. The molecule has 0 amide bonds. The summed E-state index contributed by atoms with van der Waals surface area (Å²) in [5.74, 6) is 0. The van der Waals surface area contributed by atoms with Gasteiger partial charge in [0, 0.05) is 12.7 Å². The third-order valence-corrected chi connectivity index (χ3v) is 4.33. The molecule has 6 nitrogen and oxygen atoms in total. The molecule has 0 bridgehead atoms. The number of hydrazone groups is 1. The molecule has 0 fully saturated rings. The van der Waals surface area contributed by atoms with Crippen LogP contribution < -0.4 is 0 Å². The van der Waals surface area contributed by atoms with Gasteiger partial charge >= 0.3 is 0 Å². The fourth-order valence-electron chi connectivity index (χ4n) is 1.78. The number of hydrogen-bond donors (Lipinski definition) is 0. The number of nitrogens with zero attached hydrogens (tertiary/aromatic N) is 4. The fraction of sp³-hybridized carbons (Fsp3) is 0.0909. The largest absolute Gasteiger partial charge is 0.298 e. The van der Waals surface area contributed by atoms with E-state index in [4.69, 9.17) is 0 Å². The second kappa shape index (κ2) is 3.67. The first-order valence-corrected chi connectivity index (χ1v) is 6.70. The van der Waals surface area contributed by atoms with Crippen LogP contribution >= 0.6 is 0 Å². The number of para-hydroxylation sites is 1. The Morgan fingerprint density at radius 2 is 1.89 bits per heavy atom. The molecule has 92 valence electrons. The summed E-state index contributed by atoms with van der Waals surface area (Å²) >= 11 is 0. The molecule has 18 heavy (non-hydrogen) atoms. The summed E-state index contributed by atoms with van der Waals surface area (Å²) in [7, 11) is -2.22. The maximum absolute atomic E-state index is 12.0. The van der Waals surface area contributed by atoms with Crippen molar-refractivity contribution in [3.63, 3.8) is 0 Å². The van der Waals surface area contributed by atoms with Gasteiger partial charge in [0.2, 0.25) is 5.03 Å². The monoisotopic (exact) mass is 262 g/mol. The number of imidazole rings is 1. The van der Waals surface area contributed by atoms with E-state index in [1.807, 2.05) is 30.3 Å². The minimum atomic E-state index is -3.60. The lowest BCUT2D eigenvalue weighted by atomic mass is 10.3. The molecule has 0 unspecified atom stereocenters. The van der Waals surface area contributed by atoms with Gasteiger partial charge in [0.25, 0.3) is 10.0 Å². The molecule has 0 N–H and O–H groups in total. The van der Waals surface area contributed by atoms with E-state index in [9.17, 15) is 8.42 Å². The van der Waals surface area contributed by atoms with E-state index >= 15 is 0 Å². The number of fused-ring (bicyclic) bond motifs is 1. The van der Waals surface area contributed by atoms with Crippen LogP contribution in [-0.2, 0) is 10.0 Å². The lowest BCUT2D eigenvalue weighted by Crippen LogP contribution is -2.27. The van der Waals surface area contributed by atoms with E-state index in [1.54, 1.807) is 4.57 Å². The normalized spacial score (nSPS) is 16.6. The second-order valence-electron chi connectivity index (χ2n) is 3.82. The smallest absolute Gasteiger partial charge is 0.297 e. The minimum absolute atomic E-state index is 0.0313. The topological polar surface area (TPSA) is 67.6 Å². The Hall–Kier alpha value is -2.15. The lowest BCUT2D eigenvalue weighted by Gasteiger charge is -2.17. The lowest BCUT2D eigenvalue weighted by molar-refractivity contribution is 0.483. The summed E-state index contributed by atoms with van der Waals surface area (Å²) in [6, 6.07) is 9.40. The number of hydrogen-bond acceptors (Lipinski definition) is 4. The molecule has 0 aliphatic carbocycles. The van der Waals surface area contributed by atoms with E-state index in [-0.39, 0.29) is 5.03 Å². The Morgan fingerprint density at radius 3 is 2.61 bits per heavy atom. The molecular formula is C11H10N4O2S. The standard InChI is InChI=1S/C11H10N4O2S/c1-14-13-7-10-11(18(14,16)17)12-8-15(10)9-5-3-2-4-6-9/h2-8H,1H3. The van der Waals surface area contributed by atoms with Gasteiger partial charge in [-0.25, -0.2) is 4.98 Å². The summed E-state index contributed by atoms with van der Waals surface area (Å²) in [6.45, 7) is 0. The van der Waals surface area contributed by atoms with E-state index < -0.39 is 10.0 Å². The van der Waals surface area contributed by atoms with Crippen LogP contribution in [0.3, 0.4) is 0 Å².